The molecule has 1 heterocycles. The second kappa shape index (κ2) is 4.77. The van der Waals surface area contributed by atoms with Crippen molar-refractivity contribution in [3.63, 3.8) is 0 Å². The molecule has 0 amide bonds. The highest BCUT2D eigenvalue weighted by molar-refractivity contribution is 5.04. The minimum absolute atomic E-state index is 0.192. The second-order valence-electron chi connectivity index (χ2n) is 3.97. The molecule has 1 rings (SSSR count). The average Bonchev–Trinajstić information content (AvgIpc) is 2.63. The average molecular weight is 211 g/mol. The minimum atomic E-state index is -0.339. The molecular formula is C11H21N3O. The fourth-order valence-electron chi connectivity index (χ4n) is 1.69. The molecule has 0 saturated carbocycles. The topological polar surface area (TPSA) is 53.1 Å². The van der Waals surface area contributed by atoms with Crippen LogP contribution in [-0.4, -0.2) is 21.8 Å². The summed E-state index contributed by atoms with van der Waals surface area (Å²) in [5.41, 5.74) is 5.87. The standard InChI is InChI=1S/C11H21N3O/c1-5-11(3,15-6-2)9(12)10-13-7-8-14(10)4/h7-9H,5-6,12H2,1-4H3. The predicted molar refractivity (Wildman–Crippen MR) is 60.5 cm³/mol. The van der Waals surface area contributed by atoms with Crippen molar-refractivity contribution < 1.29 is 4.74 Å². The maximum atomic E-state index is 6.21. The number of aryl methyl sites for hydroxylation is 1. The molecule has 0 aliphatic carbocycles. The van der Waals surface area contributed by atoms with Crippen molar-refractivity contribution in [3.8, 4) is 0 Å². The summed E-state index contributed by atoms with van der Waals surface area (Å²) in [6.07, 6.45) is 4.53. The zero-order valence-electron chi connectivity index (χ0n) is 10.0. The highest BCUT2D eigenvalue weighted by Gasteiger charge is 2.33. The third-order valence-corrected chi connectivity index (χ3v) is 2.97. The van der Waals surface area contributed by atoms with Gasteiger partial charge in [-0.3, -0.25) is 0 Å². The van der Waals surface area contributed by atoms with Crippen molar-refractivity contribution in [2.75, 3.05) is 6.61 Å². The van der Waals surface area contributed by atoms with Gasteiger partial charge in [-0.15, -0.1) is 0 Å². The lowest BCUT2D eigenvalue weighted by Gasteiger charge is -2.33. The fourth-order valence-corrected chi connectivity index (χ4v) is 1.69. The zero-order valence-corrected chi connectivity index (χ0v) is 10.0. The van der Waals surface area contributed by atoms with Crippen LogP contribution in [0.3, 0.4) is 0 Å². The van der Waals surface area contributed by atoms with E-state index in [2.05, 4.69) is 11.9 Å². The van der Waals surface area contributed by atoms with Gasteiger partial charge < -0.3 is 15.0 Å². The van der Waals surface area contributed by atoms with E-state index in [0.717, 1.165) is 12.2 Å². The number of hydrogen-bond acceptors (Lipinski definition) is 3. The van der Waals surface area contributed by atoms with Gasteiger partial charge in [-0.05, 0) is 20.3 Å². The molecule has 0 aromatic carbocycles. The van der Waals surface area contributed by atoms with Crippen LogP contribution in [-0.2, 0) is 11.8 Å². The van der Waals surface area contributed by atoms with Gasteiger partial charge in [-0.25, -0.2) is 4.98 Å². The Hall–Kier alpha value is -0.870. The van der Waals surface area contributed by atoms with E-state index in [0.29, 0.717) is 6.61 Å². The van der Waals surface area contributed by atoms with Crippen molar-refractivity contribution in [2.24, 2.45) is 12.8 Å². The molecule has 0 saturated heterocycles. The monoisotopic (exact) mass is 211 g/mol. The van der Waals surface area contributed by atoms with Crippen LogP contribution in [0, 0.1) is 0 Å². The Kier molecular flexibility index (Phi) is 3.88. The zero-order chi connectivity index (χ0) is 11.5. The van der Waals surface area contributed by atoms with E-state index >= 15 is 0 Å². The van der Waals surface area contributed by atoms with Crippen LogP contribution in [0.5, 0.6) is 0 Å². The Balaban J connectivity index is 2.91. The number of ether oxygens (including phenoxy) is 1. The Labute approximate surface area is 91.4 Å². The van der Waals surface area contributed by atoms with Gasteiger partial charge in [0.05, 0.1) is 11.6 Å². The van der Waals surface area contributed by atoms with Gasteiger partial charge in [-0.2, -0.15) is 0 Å². The van der Waals surface area contributed by atoms with Crippen LogP contribution >= 0.6 is 0 Å². The molecule has 1 aromatic heterocycles. The molecule has 4 nitrogen and oxygen atoms in total. The molecule has 2 N–H and O–H groups in total. The summed E-state index contributed by atoms with van der Waals surface area (Å²) in [5, 5.41) is 0. The molecule has 0 fully saturated rings. The number of nitrogens with two attached hydrogens (primary N) is 1. The Morgan fingerprint density at radius 3 is 2.67 bits per heavy atom. The smallest absolute Gasteiger partial charge is 0.128 e. The van der Waals surface area contributed by atoms with E-state index in [1.54, 1.807) is 6.20 Å². The summed E-state index contributed by atoms with van der Waals surface area (Å²) < 4.78 is 7.68. The summed E-state index contributed by atoms with van der Waals surface area (Å²) in [6, 6.07) is -0.192. The molecule has 4 heteroatoms. The van der Waals surface area contributed by atoms with Crippen LogP contribution < -0.4 is 5.73 Å². The van der Waals surface area contributed by atoms with Gasteiger partial charge in [-0.1, -0.05) is 6.92 Å². The van der Waals surface area contributed by atoms with Crippen LogP contribution in [0.15, 0.2) is 12.4 Å². The lowest BCUT2D eigenvalue weighted by atomic mass is 9.93. The largest absolute Gasteiger partial charge is 0.373 e. The Morgan fingerprint density at radius 2 is 2.27 bits per heavy atom. The molecule has 0 radical (unpaired) electrons. The number of rotatable bonds is 5. The van der Waals surface area contributed by atoms with E-state index in [1.807, 2.05) is 31.7 Å². The lowest BCUT2D eigenvalue weighted by Crippen LogP contribution is -2.41. The first kappa shape index (κ1) is 12.2. The van der Waals surface area contributed by atoms with E-state index in [9.17, 15) is 0 Å². The van der Waals surface area contributed by atoms with Gasteiger partial charge in [0.25, 0.3) is 0 Å². The first-order chi connectivity index (χ1) is 7.05. The van der Waals surface area contributed by atoms with Crippen molar-refractivity contribution >= 4 is 0 Å². The summed E-state index contributed by atoms with van der Waals surface area (Å²) in [4.78, 5) is 4.27. The number of imidazole rings is 1. The third kappa shape index (κ3) is 2.38. The molecule has 0 aliphatic rings. The molecule has 2 unspecified atom stereocenters. The summed E-state index contributed by atoms with van der Waals surface area (Å²) >= 11 is 0. The van der Waals surface area contributed by atoms with Crippen molar-refractivity contribution in [2.45, 2.75) is 38.8 Å². The predicted octanol–water partition coefficient (Wildman–Crippen LogP) is 1.63. The Bertz CT molecular complexity index is 311. The SMILES string of the molecule is CCOC(C)(CC)C(N)c1nccn1C. The van der Waals surface area contributed by atoms with E-state index in [4.69, 9.17) is 10.5 Å². The maximum Gasteiger partial charge on any atom is 0.128 e. The highest BCUT2D eigenvalue weighted by atomic mass is 16.5. The van der Waals surface area contributed by atoms with Crippen LogP contribution in [0.25, 0.3) is 0 Å². The molecule has 0 spiro atoms. The van der Waals surface area contributed by atoms with E-state index < -0.39 is 0 Å². The number of nitrogens with zero attached hydrogens (tertiary/aromatic N) is 2. The summed E-state index contributed by atoms with van der Waals surface area (Å²) in [7, 11) is 1.95. The third-order valence-electron chi connectivity index (χ3n) is 2.97. The fraction of sp³-hybridized carbons (Fsp3) is 0.727. The maximum absolute atomic E-state index is 6.21. The molecule has 2 atom stereocenters. The summed E-state index contributed by atoms with van der Waals surface area (Å²) in [6.45, 7) is 6.77. The highest BCUT2D eigenvalue weighted by Crippen LogP contribution is 2.28. The quantitative estimate of drug-likeness (QED) is 0.805. The van der Waals surface area contributed by atoms with Gasteiger partial charge in [0.15, 0.2) is 0 Å². The van der Waals surface area contributed by atoms with Gasteiger partial charge >= 0.3 is 0 Å². The first-order valence-electron chi connectivity index (χ1n) is 5.42. The van der Waals surface area contributed by atoms with Crippen molar-refractivity contribution in [1.29, 1.82) is 0 Å². The van der Waals surface area contributed by atoms with Crippen LogP contribution in [0.2, 0.25) is 0 Å². The Morgan fingerprint density at radius 1 is 1.60 bits per heavy atom. The molecule has 1 aromatic rings. The van der Waals surface area contributed by atoms with E-state index in [-0.39, 0.29) is 11.6 Å². The second-order valence-corrected chi connectivity index (χ2v) is 3.97. The van der Waals surface area contributed by atoms with Crippen LogP contribution in [0.4, 0.5) is 0 Å². The normalized spacial score (nSPS) is 17.4. The lowest BCUT2D eigenvalue weighted by molar-refractivity contribution is -0.0495. The molecule has 0 bridgehead atoms. The van der Waals surface area contributed by atoms with Gasteiger partial charge in [0.2, 0.25) is 0 Å². The van der Waals surface area contributed by atoms with Gasteiger partial charge in [0, 0.05) is 26.0 Å². The van der Waals surface area contributed by atoms with Gasteiger partial charge in [0.1, 0.15) is 5.82 Å². The molecular weight excluding hydrogens is 190 g/mol. The van der Waals surface area contributed by atoms with Crippen molar-refractivity contribution in [3.05, 3.63) is 18.2 Å². The first-order valence-corrected chi connectivity index (χ1v) is 5.42. The van der Waals surface area contributed by atoms with Crippen molar-refractivity contribution in [1.82, 2.24) is 9.55 Å². The number of aromatic nitrogens is 2. The minimum Gasteiger partial charge on any atom is -0.373 e. The van der Waals surface area contributed by atoms with Crippen LogP contribution in [0.1, 0.15) is 39.1 Å². The number of hydrogen-bond donors (Lipinski definition) is 1. The molecule has 86 valence electrons. The van der Waals surface area contributed by atoms with E-state index in [1.165, 1.54) is 0 Å². The molecule has 0 aliphatic heterocycles. The summed E-state index contributed by atoms with van der Waals surface area (Å²) in [5.74, 6) is 0.868. The molecule has 15 heavy (non-hydrogen) atoms.